The number of terminal acetylenes is 1. The third-order valence-corrected chi connectivity index (χ3v) is 5.25. The van der Waals surface area contributed by atoms with Gasteiger partial charge in [0.15, 0.2) is 0 Å². The second kappa shape index (κ2) is 9.20. The molecule has 7 heteroatoms. The van der Waals surface area contributed by atoms with Crippen molar-refractivity contribution in [2.45, 2.75) is 31.4 Å². The Balaban J connectivity index is 1.59. The number of anilines is 1. The first-order valence-electron chi connectivity index (χ1n) is 9.29. The minimum Gasteiger partial charge on any atom is -0.495 e. The number of urea groups is 1. The Bertz CT molecular complexity index is 700. The number of halogens is 1. The van der Waals surface area contributed by atoms with Gasteiger partial charge in [0, 0.05) is 37.3 Å². The average Bonchev–Trinajstić information content (AvgIpc) is 3.33. The van der Waals surface area contributed by atoms with Crippen LogP contribution in [-0.2, 0) is 4.74 Å². The Morgan fingerprint density at radius 3 is 3.07 bits per heavy atom. The van der Waals surface area contributed by atoms with Gasteiger partial charge in [0.05, 0.1) is 25.4 Å². The third kappa shape index (κ3) is 5.00. The second-order valence-corrected chi connectivity index (χ2v) is 7.35. The van der Waals surface area contributed by atoms with Gasteiger partial charge in [0.2, 0.25) is 0 Å². The quantitative estimate of drug-likeness (QED) is 0.757. The van der Waals surface area contributed by atoms with Crippen molar-refractivity contribution in [3.8, 4) is 18.1 Å². The van der Waals surface area contributed by atoms with Crippen LogP contribution < -0.4 is 15.0 Å². The van der Waals surface area contributed by atoms with E-state index < -0.39 is 0 Å². The molecule has 2 atom stereocenters. The minimum absolute atomic E-state index is 0.0472. The number of hydrogen-bond acceptors (Lipinski definition) is 4. The third-order valence-electron chi connectivity index (χ3n) is 5.01. The Kier molecular flexibility index (Phi) is 6.70. The summed E-state index contributed by atoms with van der Waals surface area (Å²) in [4.78, 5) is 16.5. The van der Waals surface area contributed by atoms with Crippen LogP contribution in [0.15, 0.2) is 18.2 Å². The molecule has 2 fully saturated rings. The molecule has 3 rings (SSSR count). The fraction of sp³-hybridized carbons (Fsp3) is 0.550. The molecular weight excluding hydrogens is 366 g/mol. The molecule has 0 saturated carbocycles. The van der Waals surface area contributed by atoms with Crippen molar-refractivity contribution in [2.24, 2.45) is 0 Å². The van der Waals surface area contributed by atoms with Crippen LogP contribution in [-0.4, -0.2) is 63.0 Å². The number of benzene rings is 1. The minimum atomic E-state index is -0.131. The predicted octanol–water partition coefficient (Wildman–Crippen LogP) is 2.75. The van der Waals surface area contributed by atoms with Gasteiger partial charge in [0.1, 0.15) is 5.75 Å². The maximum absolute atomic E-state index is 12.7. The van der Waals surface area contributed by atoms with Gasteiger partial charge in [-0.2, -0.15) is 0 Å². The van der Waals surface area contributed by atoms with Crippen LogP contribution in [0.25, 0.3) is 0 Å². The Morgan fingerprint density at radius 1 is 1.52 bits per heavy atom. The first-order valence-corrected chi connectivity index (χ1v) is 9.67. The molecule has 0 radical (unpaired) electrons. The van der Waals surface area contributed by atoms with E-state index in [0.717, 1.165) is 43.9 Å². The number of nitrogens with one attached hydrogen (secondary N) is 1. The average molecular weight is 392 g/mol. The number of ether oxygens (including phenoxy) is 2. The number of hydrogen-bond donors (Lipinski definition) is 1. The number of nitrogens with zero attached hydrogens (tertiary/aromatic N) is 2. The normalized spacial score (nSPS) is 21.7. The summed E-state index contributed by atoms with van der Waals surface area (Å²) in [5.74, 6) is 3.35. The topological polar surface area (TPSA) is 54.0 Å². The Hall–Kier alpha value is -2.10. The van der Waals surface area contributed by atoms with Crippen molar-refractivity contribution >= 4 is 23.3 Å². The smallest absolute Gasteiger partial charge is 0.318 e. The van der Waals surface area contributed by atoms with Crippen LogP contribution in [0.3, 0.4) is 0 Å². The maximum atomic E-state index is 12.7. The van der Waals surface area contributed by atoms with Gasteiger partial charge < -0.3 is 24.6 Å². The highest BCUT2D eigenvalue weighted by atomic mass is 35.5. The van der Waals surface area contributed by atoms with Gasteiger partial charge in [-0.15, -0.1) is 6.42 Å². The van der Waals surface area contributed by atoms with Crippen LogP contribution in [0.4, 0.5) is 10.5 Å². The van der Waals surface area contributed by atoms with Crippen molar-refractivity contribution in [1.82, 2.24) is 10.2 Å². The molecule has 0 spiro atoms. The van der Waals surface area contributed by atoms with Gasteiger partial charge in [-0.05, 0) is 37.5 Å². The lowest BCUT2D eigenvalue weighted by Crippen LogP contribution is -2.48. The maximum Gasteiger partial charge on any atom is 0.318 e. The molecule has 27 heavy (non-hydrogen) atoms. The fourth-order valence-corrected chi connectivity index (χ4v) is 3.80. The van der Waals surface area contributed by atoms with Gasteiger partial charge in [-0.3, -0.25) is 0 Å². The predicted molar refractivity (Wildman–Crippen MR) is 107 cm³/mol. The molecule has 2 aliphatic rings. The summed E-state index contributed by atoms with van der Waals surface area (Å²) in [6, 6.07) is 5.48. The number of carbonyl (C=O) groups is 1. The highest BCUT2D eigenvalue weighted by molar-refractivity contribution is 6.30. The molecule has 0 aliphatic carbocycles. The summed E-state index contributed by atoms with van der Waals surface area (Å²) in [7, 11) is 1.64. The summed E-state index contributed by atoms with van der Waals surface area (Å²) in [5.41, 5.74) is 0.946. The van der Waals surface area contributed by atoms with Gasteiger partial charge in [0.25, 0.3) is 0 Å². The van der Waals surface area contributed by atoms with Crippen molar-refractivity contribution in [1.29, 1.82) is 0 Å². The Labute approximate surface area is 165 Å². The molecule has 1 aromatic carbocycles. The van der Waals surface area contributed by atoms with Crippen molar-refractivity contribution in [3.63, 3.8) is 0 Å². The van der Waals surface area contributed by atoms with Crippen molar-refractivity contribution < 1.29 is 14.3 Å². The molecule has 2 amide bonds. The monoisotopic (exact) mass is 391 g/mol. The summed E-state index contributed by atoms with van der Waals surface area (Å²) in [5, 5.41) is 3.77. The molecule has 1 N–H and O–H groups in total. The molecule has 2 saturated heterocycles. The SMILES string of the molecule is C#CCN(C[C@@H]1CCCO1)C(=O)N[C@@H]1CCN(c2cc(Cl)ccc2OC)C1. The van der Waals surface area contributed by atoms with E-state index in [9.17, 15) is 4.79 Å². The summed E-state index contributed by atoms with van der Waals surface area (Å²) in [6.07, 6.45) is 8.39. The van der Waals surface area contributed by atoms with Crippen LogP contribution in [0.2, 0.25) is 5.02 Å². The molecule has 146 valence electrons. The zero-order valence-electron chi connectivity index (χ0n) is 15.6. The lowest BCUT2D eigenvalue weighted by atomic mass is 10.2. The van der Waals surface area contributed by atoms with E-state index in [2.05, 4.69) is 16.1 Å². The van der Waals surface area contributed by atoms with E-state index in [-0.39, 0.29) is 24.7 Å². The van der Waals surface area contributed by atoms with Gasteiger partial charge >= 0.3 is 6.03 Å². The molecule has 2 aliphatic heterocycles. The molecule has 0 bridgehead atoms. The summed E-state index contributed by atoms with van der Waals surface area (Å²) in [6.45, 7) is 3.10. The van der Waals surface area contributed by atoms with E-state index in [0.29, 0.717) is 18.1 Å². The van der Waals surface area contributed by atoms with Crippen LogP contribution >= 0.6 is 11.6 Å². The first kappa shape index (κ1) is 19.7. The molecule has 6 nitrogen and oxygen atoms in total. The molecule has 0 unspecified atom stereocenters. The Morgan fingerprint density at radius 2 is 2.37 bits per heavy atom. The molecule has 0 aromatic heterocycles. The van der Waals surface area contributed by atoms with Crippen molar-refractivity contribution in [2.75, 3.05) is 44.8 Å². The van der Waals surface area contributed by atoms with E-state index >= 15 is 0 Å². The molecule has 1 aromatic rings. The van der Waals surface area contributed by atoms with Crippen LogP contribution in [0.5, 0.6) is 5.75 Å². The number of carbonyl (C=O) groups excluding carboxylic acids is 1. The number of rotatable bonds is 6. The summed E-state index contributed by atoms with van der Waals surface area (Å²) >= 11 is 6.14. The number of methoxy groups -OCH3 is 1. The summed E-state index contributed by atoms with van der Waals surface area (Å²) < 4.78 is 11.1. The van der Waals surface area contributed by atoms with E-state index in [1.807, 2.05) is 18.2 Å². The largest absolute Gasteiger partial charge is 0.495 e. The highest BCUT2D eigenvalue weighted by Gasteiger charge is 2.28. The van der Waals surface area contributed by atoms with Crippen molar-refractivity contribution in [3.05, 3.63) is 23.2 Å². The lowest BCUT2D eigenvalue weighted by molar-refractivity contribution is 0.0842. The molecule has 2 heterocycles. The zero-order valence-corrected chi connectivity index (χ0v) is 16.4. The fourth-order valence-electron chi connectivity index (χ4n) is 3.64. The van der Waals surface area contributed by atoms with Crippen LogP contribution in [0, 0.1) is 12.3 Å². The first-order chi connectivity index (χ1) is 13.1. The van der Waals surface area contributed by atoms with E-state index in [1.54, 1.807) is 12.0 Å². The van der Waals surface area contributed by atoms with Crippen LogP contribution in [0.1, 0.15) is 19.3 Å². The van der Waals surface area contributed by atoms with Gasteiger partial charge in [-0.1, -0.05) is 17.5 Å². The number of amides is 2. The van der Waals surface area contributed by atoms with Gasteiger partial charge in [-0.25, -0.2) is 4.79 Å². The highest BCUT2D eigenvalue weighted by Crippen LogP contribution is 2.33. The second-order valence-electron chi connectivity index (χ2n) is 6.92. The van der Waals surface area contributed by atoms with E-state index in [4.69, 9.17) is 27.5 Å². The lowest BCUT2D eigenvalue weighted by Gasteiger charge is -2.26. The zero-order chi connectivity index (χ0) is 19.2. The standard InChI is InChI=1S/C20H26ClN3O3/c1-3-9-24(14-17-5-4-11-27-17)20(25)22-16-8-10-23(13-16)18-12-15(21)6-7-19(18)26-2/h1,6-7,12,16-17H,4-5,8-11,13-14H2,2H3,(H,22,25)/t16-,17+/m1/s1. The molecular formula is C20H26ClN3O3. The van der Waals surface area contributed by atoms with E-state index in [1.165, 1.54) is 0 Å².